The number of para-hydroxylation sites is 2. The summed E-state index contributed by atoms with van der Waals surface area (Å²) < 4.78 is 0.778. The van der Waals surface area contributed by atoms with Crippen LogP contribution in [-0.4, -0.2) is 40.6 Å². The van der Waals surface area contributed by atoms with Gasteiger partial charge in [-0.25, -0.2) is 9.97 Å². The van der Waals surface area contributed by atoms with Gasteiger partial charge in [-0.3, -0.25) is 9.59 Å². The van der Waals surface area contributed by atoms with Gasteiger partial charge in [0.1, 0.15) is 5.82 Å². The Morgan fingerprint density at radius 2 is 1.79 bits per heavy atom. The van der Waals surface area contributed by atoms with Crippen LogP contribution < -0.4 is 16.0 Å². The molecule has 29 heavy (non-hydrogen) atoms. The van der Waals surface area contributed by atoms with Gasteiger partial charge in [0, 0.05) is 16.4 Å². The van der Waals surface area contributed by atoms with Gasteiger partial charge < -0.3 is 16.0 Å². The van der Waals surface area contributed by atoms with Gasteiger partial charge in [-0.15, -0.1) is 0 Å². The Bertz CT molecular complexity index is 1030. The average Bonchev–Trinajstić information content (AvgIpc) is 2.72. The number of anilines is 2. The minimum atomic E-state index is -0.299. The van der Waals surface area contributed by atoms with Crippen LogP contribution in [0.4, 0.5) is 11.5 Å². The number of halogens is 1. The van der Waals surface area contributed by atoms with E-state index in [-0.39, 0.29) is 24.1 Å². The molecule has 0 saturated heterocycles. The summed E-state index contributed by atoms with van der Waals surface area (Å²) in [6, 6.07) is 15.0. The minimum absolute atomic E-state index is 0.109. The fourth-order valence-electron chi connectivity index (χ4n) is 2.54. The first-order valence-electron chi connectivity index (χ1n) is 9.01. The molecule has 0 fully saturated rings. The van der Waals surface area contributed by atoms with Crippen LogP contribution in [0, 0.1) is 0 Å². The predicted octanol–water partition coefficient (Wildman–Crippen LogP) is 3.67. The van der Waals surface area contributed by atoms with Crippen molar-refractivity contribution in [1.29, 1.82) is 0 Å². The molecule has 0 aliphatic carbocycles. The molecule has 3 N–H and O–H groups in total. The molecular formula is C20H20BrN5O2S. The number of benzene rings is 2. The third-order valence-corrected chi connectivity index (χ3v) is 5.39. The molecule has 0 saturated carbocycles. The molecule has 0 aliphatic heterocycles. The first kappa shape index (κ1) is 21.1. The fourth-order valence-corrected chi connectivity index (χ4v) is 3.60. The topological polar surface area (TPSA) is 96.0 Å². The number of thioether (sulfide) groups is 1. The Kier molecular flexibility index (Phi) is 7.42. The van der Waals surface area contributed by atoms with E-state index in [2.05, 4.69) is 41.8 Å². The zero-order chi connectivity index (χ0) is 20.6. The van der Waals surface area contributed by atoms with E-state index in [0.29, 0.717) is 10.8 Å². The second-order valence-electron chi connectivity index (χ2n) is 6.00. The van der Waals surface area contributed by atoms with Crippen molar-refractivity contribution in [2.45, 2.75) is 12.1 Å². The number of carbonyl (C=O) groups is 2. The summed E-state index contributed by atoms with van der Waals surface area (Å²) in [5, 5.41) is 10.0. The lowest BCUT2D eigenvalue weighted by molar-refractivity contribution is -0.122. The molecule has 0 aliphatic rings. The second-order valence-corrected chi connectivity index (χ2v) is 7.79. The van der Waals surface area contributed by atoms with Crippen molar-refractivity contribution >= 4 is 61.9 Å². The normalized spacial score (nSPS) is 10.6. The van der Waals surface area contributed by atoms with E-state index in [1.165, 1.54) is 11.8 Å². The summed E-state index contributed by atoms with van der Waals surface area (Å²) >= 11 is 4.59. The Labute approximate surface area is 181 Å². The van der Waals surface area contributed by atoms with E-state index in [4.69, 9.17) is 0 Å². The van der Waals surface area contributed by atoms with Crippen LogP contribution in [0.5, 0.6) is 0 Å². The maximum atomic E-state index is 12.1. The first-order chi connectivity index (χ1) is 14.1. The highest BCUT2D eigenvalue weighted by Gasteiger charge is 2.11. The van der Waals surface area contributed by atoms with Gasteiger partial charge in [0.2, 0.25) is 11.8 Å². The number of nitrogens with one attached hydrogen (secondary N) is 3. The zero-order valence-electron chi connectivity index (χ0n) is 15.7. The van der Waals surface area contributed by atoms with Crippen molar-refractivity contribution in [3.8, 4) is 0 Å². The van der Waals surface area contributed by atoms with Gasteiger partial charge in [-0.05, 0) is 47.1 Å². The van der Waals surface area contributed by atoms with E-state index in [1.807, 2.05) is 49.4 Å². The maximum Gasteiger partial charge on any atom is 0.243 e. The highest BCUT2D eigenvalue weighted by Crippen LogP contribution is 2.24. The van der Waals surface area contributed by atoms with E-state index in [9.17, 15) is 9.59 Å². The molecule has 7 nitrogen and oxygen atoms in total. The van der Waals surface area contributed by atoms with Crippen LogP contribution in [0.25, 0.3) is 10.9 Å². The van der Waals surface area contributed by atoms with Crippen LogP contribution in [-0.2, 0) is 9.59 Å². The summed E-state index contributed by atoms with van der Waals surface area (Å²) in [5.74, 6) is 0.297. The third kappa shape index (κ3) is 5.91. The quantitative estimate of drug-likeness (QED) is 0.341. The molecule has 1 aromatic heterocycles. The van der Waals surface area contributed by atoms with Crippen LogP contribution in [0.3, 0.4) is 0 Å². The molecule has 2 amide bonds. The number of hydrogen-bond acceptors (Lipinski definition) is 6. The molecule has 2 aromatic carbocycles. The maximum absolute atomic E-state index is 12.1. The summed E-state index contributed by atoms with van der Waals surface area (Å²) in [6.07, 6.45) is 0. The van der Waals surface area contributed by atoms with Crippen molar-refractivity contribution in [1.82, 2.24) is 15.3 Å². The molecule has 0 unspecified atom stereocenters. The monoisotopic (exact) mass is 473 g/mol. The highest BCUT2D eigenvalue weighted by molar-refractivity contribution is 9.10. The van der Waals surface area contributed by atoms with Gasteiger partial charge in [-0.2, -0.15) is 0 Å². The molecule has 0 spiro atoms. The van der Waals surface area contributed by atoms with Crippen LogP contribution in [0.2, 0.25) is 0 Å². The molecule has 0 radical (unpaired) electrons. The van der Waals surface area contributed by atoms with E-state index in [0.717, 1.165) is 27.7 Å². The smallest absolute Gasteiger partial charge is 0.243 e. The molecule has 0 bridgehead atoms. The Morgan fingerprint density at radius 1 is 1.03 bits per heavy atom. The number of fused-ring (bicyclic) bond motifs is 1. The summed E-state index contributed by atoms with van der Waals surface area (Å²) in [5.41, 5.74) is 1.47. The van der Waals surface area contributed by atoms with Gasteiger partial charge >= 0.3 is 0 Å². The van der Waals surface area contributed by atoms with Crippen molar-refractivity contribution in [2.24, 2.45) is 0 Å². The van der Waals surface area contributed by atoms with Crippen LogP contribution in [0.1, 0.15) is 6.92 Å². The molecule has 3 aromatic rings. The Hall–Kier alpha value is -2.65. The summed E-state index contributed by atoms with van der Waals surface area (Å²) in [7, 11) is 0. The average molecular weight is 474 g/mol. The molecule has 0 atom stereocenters. The van der Waals surface area contributed by atoms with E-state index >= 15 is 0 Å². The molecule has 150 valence electrons. The predicted molar refractivity (Wildman–Crippen MR) is 120 cm³/mol. The number of aromatic nitrogens is 2. The molecule has 3 rings (SSSR count). The molecular weight excluding hydrogens is 454 g/mol. The van der Waals surface area contributed by atoms with E-state index < -0.39 is 0 Å². The number of amides is 2. The van der Waals surface area contributed by atoms with Crippen LogP contribution in [0.15, 0.2) is 58.2 Å². The van der Waals surface area contributed by atoms with Crippen molar-refractivity contribution < 1.29 is 9.59 Å². The van der Waals surface area contributed by atoms with Gasteiger partial charge in [0.05, 0.1) is 23.5 Å². The van der Waals surface area contributed by atoms with Gasteiger partial charge in [-0.1, -0.05) is 36.0 Å². The molecule has 9 heteroatoms. The van der Waals surface area contributed by atoms with Crippen molar-refractivity contribution in [2.75, 3.05) is 29.5 Å². The van der Waals surface area contributed by atoms with Crippen molar-refractivity contribution in [3.05, 3.63) is 53.0 Å². The number of carbonyl (C=O) groups excluding carboxylic acids is 2. The standard InChI is InChI=1S/C20H20BrN5O2S/c1-2-22-19-13-7-3-5-9-15(13)25-20(26-19)29-12-18(28)23-11-17(27)24-16-10-6-4-8-14(16)21/h3-10H,2,11-12H2,1H3,(H,23,28)(H,24,27)(H,22,25,26). The fraction of sp³-hybridized carbons (Fsp3) is 0.200. The Balaban J connectivity index is 1.54. The molecule has 1 heterocycles. The third-order valence-electron chi connectivity index (χ3n) is 3.85. The van der Waals surface area contributed by atoms with Crippen molar-refractivity contribution in [3.63, 3.8) is 0 Å². The minimum Gasteiger partial charge on any atom is -0.370 e. The highest BCUT2D eigenvalue weighted by atomic mass is 79.9. The second kappa shape index (κ2) is 10.2. The number of hydrogen-bond donors (Lipinski definition) is 3. The lowest BCUT2D eigenvalue weighted by Crippen LogP contribution is -2.34. The zero-order valence-corrected chi connectivity index (χ0v) is 18.1. The summed E-state index contributed by atoms with van der Waals surface area (Å²) in [4.78, 5) is 33.1. The van der Waals surface area contributed by atoms with Crippen LogP contribution >= 0.6 is 27.7 Å². The lowest BCUT2D eigenvalue weighted by atomic mass is 10.2. The van der Waals surface area contributed by atoms with Gasteiger partial charge in [0.25, 0.3) is 0 Å². The largest absolute Gasteiger partial charge is 0.370 e. The number of nitrogens with zero attached hydrogens (tertiary/aromatic N) is 2. The number of rotatable bonds is 8. The SMILES string of the molecule is CCNc1nc(SCC(=O)NCC(=O)Nc2ccccc2Br)nc2ccccc12. The summed E-state index contributed by atoms with van der Waals surface area (Å²) in [6.45, 7) is 2.62. The first-order valence-corrected chi connectivity index (χ1v) is 10.8. The van der Waals surface area contributed by atoms with E-state index in [1.54, 1.807) is 6.07 Å². The van der Waals surface area contributed by atoms with Gasteiger partial charge in [0.15, 0.2) is 5.16 Å². The lowest BCUT2D eigenvalue weighted by Gasteiger charge is -2.10. The Morgan fingerprint density at radius 3 is 2.59 bits per heavy atom.